The zero-order valence-corrected chi connectivity index (χ0v) is 12.8. The number of alkyl halides is 1. The Balaban J connectivity index is 2.43. The Morgan fingerprint density at radius 2 is 1.84 bits per heavy atom. The van der Waals surface area contributed by atoms with Crippen LogP contribution in [0, 0.1) is 19.7 Å². The average molecular weight is 323 g/mol. The van der Waals surface area contributed by atoms with Crippen molar-refractivity contribution in [1.82, 2.24) is 0 Å². The van der Waals surface area contributed by atoms with Crippen LogP contribution in [-0.4, -0.2) is 7.11 Å². The number of ether oxygens (including phenoxy) is 1. The van der Waals surface area contributed by atoms with Crippen molar-refractivity contribution in [3.8, 4) is 5.75 Å². The van der Waals surface area contributed by atoms with E-state index in [1.54, 1.807) is 12.1 Å². The number of rotatable bonds is 3. The van der Waals surface area contributed by atoms with Crippen LogP contribution in [0.2, 0.25) is 0 Å². The smallest absolute Gasteiger partial charge is 0.165 e. The summed E-state index contributed by atoms with van der Waals surface area (Å²) < 4.78 is 18.5. The summed E-state index contributed by atoms with van der Waals surface area (Å²) in [5, 5.41) is 0. The maximum absolute atomic E-state index is 13.4. The molecule has 3 heteroatoms. The van der Waals surface area contributed by atoms with Gasteiger partial charge in [0.05, 0.1) is 11.9 Å². The highest BCUT2D eigenvalue weighted by molar-refractivity contribution is 9.09. The monoisotopic (exact) mass is 322 g/mol. The molecule has 0 fully saturated rings. The van der Waals surface area contributed by atoms with Crippen molar-refractivity contribution in [2.45, 2.75) is 18.7 Å². The zero-order chi connectivity index (χ0) is 14.0. The van der Waals surface area contributed by atoms with Crippen LogP contribution >= 0.6 is 15.9 Å². The molecule has 0 saturated carbocycles. The van der Waals surface area contributed by atoms with Crippen LogP contribution in [0.25, 0.3) is 0 Å². The van der Waals surface area contributed by atoms with Gasteiger partial charge in [-0.3, -0.25) is 0 Å². The number of methoxy groups -OCH3 is 1. The topological polar surface area (TPSA) is 9.23 Å². The summed E-state index contributed by atoms with van der Waals surface area (Å²) in [5.41, 5.74) is 4.58. The molecule has 0 aliphatic carbocycles. The van der Waals surface area contributed by atoms with E-state index < -0.39 is 0 Å². The van der Waals surface area contributed by atoms with E-state index in [-0.39, 0.29) is 16.4 Å². The number of halogens is 2. The van der Waals surface area contributed by atoms with Gasteiger partial charge in [0.1, 0.15) is 0 Å². The van der Waals surface area contributed by atoms with Gasteiger partial charge in [-0.25, -0.2) is 4.39 Å². The first-order valence-electron chi connectivity index (χ1n) is 6.07. The number of benzene rings is 2. The number of hydrogen-bond donors (Lipinski definition) is 0. The van der Waals surface area contributed by atoms with Crippen molar-refractivity contribution in [3.05, 3.63) is 64.5 Å². The average Bonchev–Trinajstić information content (AvgIpc) is 2.41. The molecule has 19 heavy (non-hydrogen) atoms. The summed E-state index contributed by atoms with van der Waals surface area (Å²) >= 11 is 3.69. The van der Waals surface area contributed by atoms with E-state index in [4.69, 9.17) is 4.74 Å². The minimum atomic E-state index is -0.341. The number of hydrogen-bond acceptors (Lipinski definition) is 1. The highest BCUT2D eigenvalue weighted by Gasteiger charge is 2.15. The predicted molar refractivity (Wildman–Crippen MR) is 79.6 cm³/mol. The first-order valence-corrected chi connectivity index (χ1v) is 6.99. The Morgan fingerprint density at radius 1 is 1.11 bits per heavy atom. The summed E-state index contributed by atoms with van der Waals surface area (Å²) in [7, 11) is 1.48. The molecule has 1 nitrogen and oxygen atoms in total. The van der Waals surface area contributed by atoms with Crippen LogP contribution in [0.5, 0.6) is 5.75 Å². The van der Waals surface area contributed by atoms with Crippen molar-refractivity contribution in [1.29, 1.82) is 0 Å². The molecule has 0 aliphatic rings. The van der Waals surface area contributed by atoms with Crippen molar-refractivity contribution in [2.24, 2.45) is 0 Å². The van der Waals surface area contributed by atoms with Gasteiger partial charge < -0.3 is 4.74 Å². The van der Waals surface area contributed by atoms with Crippen LogP contribution < -0.4 is 4.74 Å². The fourth-order valence-electron chi connectivity index (χ4n) is 2.05. The standard InChI is InChI=1S/C16H16BrFO/c1-10-4-5-11(2)13(8-10)16(17)12-6-7-14(18)15(9-12)19-3/h4-9,16H,1-3H3. The fourth-order valence-corrected chi connectivity index (χ4v) is 2.82. The quantitative estimate of drug-likeness (QED) is 0.727. The Hall–Kier alpha value is -1.35. The molecule has 1 unspecified atom stereocenters. The molecule has 0 saturated heterocycles. The molecule has 1 atom stereocenters. The molecule has 2 aromatic carbocycles. The van der Waals surface area contributed by atoms with Gasteiger partial charge in [0.25, 0.3) is 0 Å². The van der Waals surface area contributed by atoms with Crippen molar-refractivity contribution < 1.29 is 9.13 Å². The van der Waals surface area contributed by atoms with Gasteiger partial charge in [0.2, 0.25) is 0 Å². The summed E-state index contributed by atoms with van der Waals surface area (Å²) in [4.78, 5) is 0.0295. The molecule has 0 aliphatic heterocycles. The van der Waals surface area contributed by atoms with Crippen molar-refractivity contribution in [3.63, 3.8) is 0 Å². The first-order chi connectivity index (χ1) is 9.02. The lowest BCUT2D eigenvalue weighted by Gasteiger charge is -2.15. The molecule has 0 heterocycles. The van der Waals surface area contributed by atoms with E-state index >= 15 is 0 Å². The van der Waals surface area contributed by atoms with E-state index in [1.807, 2.05) is 0 Å². The highest BCUT2D eigenvalue weighted by atomic mass is 79.9. The number of aryl methyl sites for hydroxylation is 2. The fraction of sp³-hybridized carbons (Fsp3) is 0.250. The predicted octanol–water partition coefficient (Wildman–Crippen LogP) is 4.94. The van der Waals surface area contributed by atoms with Crippen LogP contribution in [-0.2, 0) is 0 Å². The maximum atomic E-state index is 13.4. The normalized spacial score (nSPS) is 12.3. The minimum absolute atomic E-state index is 0.0295. The molecule has 2 aromatic rings. The van der Waals surface area contributed by atoms with Gasteiger partial charge in [-0.1, -0.05) is 45.8 Å². The van der Waals surface area contributed by atoms with E-state index in [9.17, 15) is 4.39 Å². The molecule has 0 bridgehead atoms. The summed E-state index contributed by atoms with van der Waals surface area (Å²) in [6, 6.07) is 11.3. The second kappa shape index (κ2) is 5.74. The second-order valence-electron chi connectivity index (χ2n) is 4.62. The Labute approximate surface area is 121 Å². The maximum Gasteiger partial charge on any atom is 0.165 e. The van der Waals surface area contributed by atoms with Gasteiger partial charge in [0, 0.05) is 0 Å². The Kier molecular flexibility index (Phi) is 4.25. The van der Waals surface area contributed by atoms with E-state index in [1.165, 1.54) is 29.9 Å². The van der Waals surface area contributed by atoms with Crippen molar-refractivity contribution >= 4 is 15.9 Å². The van der Waals surface area contributed by atoms with E-state index in [0.717, 1.165) is 5.56 Å². The summed E-state index contributed by atoms with van der Waals surface area (Å²) in [6.07, 6.45) is 0. The lowest BCUT2D eigenvalue weighted by molar-refractivity contribution is 0.386. The molecule has 2 rings (SSSR count). The van der Waals surface area contributed by atoms with Gasteiger partial charge in [0.15, 0.2) is 11.6 Å². The molecule has 0 spiro atoms. The molecular formula is C16H16BrFO. The third-order valence-electron chi connectivity index (χ3n) is 3.18. The third kappa shape index (κ3) is 2.98. The van der Waals surface area contributed by atoms with Crippen LogP contribution in [0.3, 0.4) is 0 Å². The summed E-state index contributed by atoms with van der Waals surface area (Å²) in [5.74, 6) is -0.0702. The van der Waals surface area contributed by atoms with E-state index in [0.29, 0.717) is 0 Å². The Bertz CT molecular complexity index is 595. The summed E-state index contributed by atoms with van der Waals surface area (Å²) in [6.45, 7) is 4.14. The molecule has 0 N–H and O–H groups in total. The Morgan fingerprint density at radius 3 is 2.53 bits per heavy atom. The van der Waals surface area contributed by atoms with Gasteiger partial charge in [-0.15, -0.1) is 0 Å². The van der Waals surface area contributed by atoms with Crippen LogP contribution in [0.4, 0.5) is 4.39 Å². The van der Waals surface area contributed by atoms with Gasteiger partial charge in [-0.2, -0.15) is 0 Å². The zero-order valence-electron chi connectivity index (χ0n) is 11.2. The van der Waals surface area contributed by atoms with E-state index in [2.05, 4.69) is 48.0 Å². The molecular weight excluding hydrogens is 307 g/mol. The highest BCUT2D eigenvalue weighted by Crippen LogP contribution is 2.35. The lowest BCUT2D eigenvalue weighted by atomic mass is 9.98. The largest absolute Gasteiger partial charge is 0.494 e. The molecule has 0 amide bonds. The van der Waals surface area contributed by atoms with Gasteiger partial charge in [-0.05, 0) is 42.7 Å². The molecule has 100 valence electrons. The third-order valence-corrected chi connectivity index (χ3v) is 4.20. The SMILES string of the molecule is COc1cc(C(Br)c2cc(C)ccc2C)ccc1F. The minimum Gasteiger partial charge on any atom is -0.494 e. The van der Waals surface area contributed by atoms with Crippen LogP contribution in [0.1, 0.15) is 27.1 Å². The van der Waals surface area contributed by atoms with Crippen LogP contribution in [0.15, 0.2) is 36.4 Å². The van der Waals surface area contributed by atoms with Crippen molar-refractivity contribution in [2.75, 3.05) is 7.11 Å². The first kappa shape index (κ1) is 14.1. The lowest BCUT2D eigenvalue weighted by Crippen LogP contribution is -1.98. The second-order valence-corrected chi connectivity index (χ2v) is 5.53. The molecule has 0 radical (unpaired) electrons. The van der Waals surface area contributed by atoms with Gasteiger partial charge >= 0.3 is 0 Å². The molecule has 0 aromatic heterocycles.